The van der Waals surface area contributed by atoms with E-state index in [-0.39, 0.29) is 17.9 Å². The molecule has 0 heterocycles. The molecule has 3 heteroatoms. The minimum atomic E-state index is -0.252. The van der Waals surface area contributed by atoms with Gasteiger partial charge < -0.3 is 11.5 Å². The molecule has 0 saturated heterocycles. The van der Waals surface area contributed by atoms with Crippen LogP contribution in [0.4, 0.5) is 4.39 Å². The van der Waals surface area contributed by atoms with E-state index in [4.69, 9.17) is 11.5 Å². The van der Waals surface area contributed by atoms with Crippen molar-refractivity contribution >= 4 is 0 Å². The lowest BCUT2D eigenvalue weighted by Gasteiger charge is -2.14. The van der Waals surface area contributed by atoms with E-state index in [1.54, 1.807) is 6.07 Å². The molecule has 2 nitrogen and oxygen atoms in total. The van der Waals surface area contributed by atoms with Crippen LogP contribution in [0, 0.1) is 5.82 Å². The summed E-state index contributed by atoms with van der Waals surface area (Å²) in [5.74, 6) is -0.252. The number of benzene rings is 1. The monoisotopic (exact) mass is 182 g/mol. The lowest BCUT2D eigenvalue weighted by atomic mass is 10.0. The Labute approximate surface area is 77.7 Å². The van der Waals surface area contributed by atoms with Crippen LogP contribution in [-0.2, 0) is 0 Å². The van der Waals surface area contributed by atoms with Crippen LogP contribution in [0.25, 0.3) is 0 Å². The van der Waals surface area contributed by atoms with E-state index in [0.29, 0.717) is 6.42 Å². The highest BCUT2D eigenvalue weighted by Gasteiger charge is 2.08. The van der Waals surface area contributed by atoms with Crippen LogP contribution in [0.1, 0.15) is 24.9 Å². The van der Waals surface area contributed by atoms with Crippen molar-refractivity contribution in [2.75, 3.05) is 0 Å². The van der Waals surface area contributed by atoms with Crippen molar-refractivity contribution in [2.24, 2.45) is 11.5 Å². The van der Waals surface area contributed by atoms with E-state index >= 15 is 0 Å². The third-order valence-electron chi connectivity index (χ3n) is 1.90. The zero-order chi connectivity index (χ0) is 9.84. The Kier molecular flexibility index (Phi) is 3.39. The molecule has 1 rings (SSSR count). The minimum absolute atomic E-state index is 0.0401. The molecular formula is C10H15FN2. The van der Waals surface area contributed by atoms with Crippen LogP contribution >= 0.6 is 0 Å². The van der Waals surface area contributed by atoms with Gasteiger partial charge in [-0.25, -0.2) is 4.39 Å². The minimum Gasteiger partial charge on any atom is -0.328 e. The number of rotatable bonds is 3. The third kappa shape index (κ3) is 3.13. The summed E-state index contributed by atoms with van der Waals surface area (Å²) in [5.41, 5.74) is 12.2. The van der Waals surface area contributed by atoms with Gasteiger partial charge in [0.1, 0.15) is 5.82 Å². The fourth-order valence-electron chi connectivity index (χ4n) is 1.27. The topological polar surface area (TPSA) is 52.0 Å². The van der Waals surface area contributed by atoms with E-state index in [9.17, 15) is 4.39 Å². The molecule has 0 bridgehead atoms. The van der Waals surface area contributed by atoms with Crippen LogP contribution in [0.3, 0.4) is 0 Å². The zero-order valence-electron chi connectivity index (χ0n) is 7.70. The standard InChI is InChI=1S/C10H15FN2/c1-7(12)5-10(13)8-3-2-4-9(11)6-8/h2-4,6-7,10H,5,12-13H2,1H3. The van der Waals surface area contributed by atoms with E-state index in [0.717, 1.165) is 5.56 Å². The molecule has 0 aliphatic heterocycles. The second kappa shape index (κ2) is 4.35. The van der Waals surface area contributed by atoms with Crippen LogP contribution < -0.4 is 11.5 Å². The van der Waals surface area contributed by atoms with Crippen molar-refractivity contribution in [3.8, 4) is 0 Å². The van der Waals surface area contributed by atoms with Gasteiger partial charge in [-0.2, -0.15) is 0 Å². The molecular weight excluding hydrogens is 167 g/mol. The Bertz CT molecular complexity index is 273. The van der Waals surface area contributed by atoms with Gasteiger partial charge in [0.25, 0.3) is 0 Å². The Hall–Kier alpha value is -0.930. The van der Waals surface area contributed by atoms with Crippen molar-refractivity contribution in [3.05, 3.63) is 35.6 Å². The van der Waals surface area contributed by atoms with Crippen molar-refractivity contribution in [3.63, 3.8) is 0 Å². The van der Waals surface area contributed by atoms with Crippen molar-refractivity contribution in [2.45, 2.75) is 25.4 Å². The quantitative estimate of drug-likeness (QED) is 0.745. The van der Waals surface area contributed by atoms with Crippen LogP contribution in [0.2, 0.25) is 0 Å². The molecule has 0 radical (unpaired) electrons. The molecule has 0 aromatic heterocycles. The fraction of sp³-hybridized carbons (Fsp3) is 0.400. The van der Waals surface area contributed by atoms with E-state index in [1.165, 1.54) is 12.1 Å². The first kappa shape index (κ1) is 10.2. The molecule has 2 atom stereocenters. The molecule has 0 aliphatic rings. The molecule has 0 aliphatic carbocycles. The second-order valence-electron chi connectivity index (χ2n) is 3.37. The third-order valence-corrected chi connectivity index (χ3v) is 1.90. The van der Waals surface area contributed by atoms with Gasteiger partial charge in [-0.05, 0) is 31.0 Å². The van der Waals surface area contributed by atoms with Gasteiger partial charge >= 0.3 is 0 Å². The first-order valence-electron chi connectivity index (χ1n) is 4.36. The maximum absolute atomic E-state index is 12.8. The lowest BCUT2D eigenvalue weighted by Crippen LogP contribution is -2.23. The van der Waals surface area contributed by atoms with E-state index in [1.807, 2.05) is 13.0 Å². The summed E-state index contributed by atoms with van der Waals surface area (Å²) >= 11 is 0. The number of nitrogens with two attached hydrogens (primary N) is 2. The van der Waals surface area contributed by atoms with Gasteiger partial charge in [0.05, 0.1) is 0 Å². The van der Waals surface area contributed by atoms with Crippen LogP contribution in [0.15, 0.2) is 24.3 Å². The molecule has 0 fully saturated rings. The van der Waals surface area contributed by atoms with E-state index in [2.05, 4.69) is 0 Å². The predicted molar refractivity (Wildman–Crippen MR) is 51.6 cm³/mol. The largest absolute Gasteiger partial charge is 0.328 e. The summed E-state index contributed by atoms with van der Waals surface area (Å²) in [6, 6.07) is 6.20. The molecule has 0 amide bonds. The fourth-order valence-corrected chi connectivity index (χ4v) is 1.27. The summed E-state index contributed by atoms with van der Waals surface area (Å²) < 4.78 is 12.8. The van der Waals surface area contributed by atoms with Gasteiger partial charge in [0.2, 0.25) is 0 Å². The predicted octanol–water partition coefficient (Wildman–Crippen LogP) is 1.56. The molecule has 4 N–H and O–H groups in total. The molecule has 0 saturated carbocycles. The highest BCUT2D eigenvalue weighted by Crippen LogP contribution is 2.15. The zero-order valence-corrected chi connectivity index (χ0v) is 7.70. The van der Waals surface area contributed by atoms with Crippen LogP contribution in [-0.4, -0.2) is 6.04 Å². The number of hydrogen-bond donors (Lipinski definition) is 2. The first-order chi connectivity index (χ1) is 6.09. The highest BCUT2D eigenvalue weighted by atomic mass is 19.1. The molecule has 13 heavy (non-hydrogen) atoms. The molecule has 1 aromatic carbocycles. The molecule has 2 unspecified atom stereocenters. The van der Waals surface area contributed by atoms with Gasteiger partial charge in [0.15, 0.2) is 0 Å². The van der Waals surface area contributed by atoms with Crippen LogP contribution in [0.5, 0.6) is 0 Å². The molecule has 0 spiro atoms. The second-order valence-corrected chi connectivity index (χ2v) is 3.37. The Morgan fingerprint density at radius 2 is 2.08 bits per heavy atom. The van der Waals surface area contributed by atoms with Gasteiger partial charge in [-0.1, -0.05) is 12.1 Å². The SMILES string of the molecule is CC(N)CC(N)c1cccc(F)c1. The molecule has 72 valence electrons. The van der Waals surface area contributed by atoms with Gasteiger partial charge in [-0.15, -0.1) is 0 Å². The molecule has 1 aromatic rings. The normalized spacial score (nSPS) is 15.4. The number of hydrogen-bond acceptors (Lipinski definition) is 2. The van der Waals surface area contributed by atoms with Crippen molar-refractivity contribution < 1.29 is 4.39 Å². The average Bonchev–Trinajstić information content (AvgIpc) is 2.03. The summed E-state index contributed by atoms with van der Waals surface area (Å²) in [4.78, 5) is 0. The van der Waals surface area contributed by atoms with Gasteiger partial charge in [0, 0.05) is 12.1 Å². The lowest BCUT2D eigenvalue weighted by molar-refractivity contribution is 0.561. The van der Waals surface area contributed by atoms with Crippen molar-refractivity contribution in [1.29, 1.82) is 0 Å². The van der Waals surface area contributed by atoms with E-state index < -0.39 is 0 Å². The summed E-state index contributed by atoms with van der Waals surface area (Å²) in [5, 5.41) is 0. The van der Waals surface area contributed by atoms with Crippen molar-refractivity contribution in [1.82, 2.24) is 0 Å². The highest BCUT2D eigenvalue weighted by molar-refractivity contribution is 5.19. The summed E-state index contributed by atoms with van der Waals surface area (Å²) in [6.45, 7) is 1.89. The smallest absolute Gasteiger partial charge is 0.123 e. The Morgan fingerprint density at radius 3 is 2.62 bits per heavy atom. The number of halogens is 1. The summed E-state index contributed by atoms with van der Waals surface area (Å²) in [7, 11) is 0. The average molecular weight is 182 g/mol. The maximum Gasteiger partial charge on any atom is 0.123 e. The Balaban J connectivity index is 2.71. The van der Waals surface area contributed by atoms with Gasteiger partial charge in [-0.3, -0.25) is 0 Å². The maximum atomic E-state index is 12.8. The first-order valence-corrected chi connectivity index (χ1v) is 4.36. The summed E-state index contributed by atoms with van der Waals surface area (Å²) in [6.07, 6.45) is 0.670. The Morgan fingerprint density at radius 1 is 1.38 bits per heavy atom.